The molecule has 0 radical (unpaired) electrons. The molecule has 0 aliphatic heterocycles. The maximum atomic E-state index is 12.3. The van der Waals surface area contributed by atoms with Gasteiger partial charge >= 0.3 is 0 Å². The number of carbonyl (C=O) groups is 2. The zero-order valence-electron chi connectivity index (χ0n) is 9.21. The Balaban J connectivity index is 2.37. The normalized spacial score (nSPS) is 13.3. The highest BCUT2D eigenvalue weighted by Crippen LogP contribution is 2.27. The van der Waals surface area contributed by atoms with Crippen molar-refractivity contribution in [3.05, 3.63) is 64.7 Å². The van der Waals surface area contributed by atoms with Crippen LogP contribution in [0.15, 0.2) is 42.5 Å². The average Bonchev–Trinajstić information content (AvgIpc) is 2.44. The highest BCUT2D eigenvalue weighted by molar-refractivity contribution is 7.34. The molecule has 0 fully saturated rings. The third-order valence-electron chi connectivity index (χ3n) is 3.03. The maximum Gasteiger partial charge on any atom is 0.195 e. The molecule has 2 aromatic rings. The summed E-state index contributed by atoms with van der Waals surface area (Å²) in [6, 6.07) is 11.5. The molecular weight excluding hydrogens is 247 g/mol. The first kappa shape index (κ1) is 11.0. The number of hydrogen-bond donors (Lipinski definition) is 0. The fourth-order valence-electron chi connectivity index (χ4n) is 2.20. The molecule has 0 saturated carbocycles. The van der Waals surface area contributed by atoms with Crippen LogP contribution in [0.4, 0.5) is 0 Å². The van der Waals surface area contributed by atoms with Gasteiger partial charge < -0.3 is 0 Å². The Labute approximate surface area is 105 Å². The van der Waals surface area contributed by atoms with Gasteiger partial charge in [0.25, 0.3) is 0 Å². The molecule has 86 valence electrons. The van der Waals surface area contributed by atoms with Gasteiger partial charge in [-0.3, -0.25) is 14.2 Å². The van der Waals surface area contributed by atoms with E-state index in [0.717, 1.165) is 0 Å². The van der Waals surface area contributed by atoms with Gasteiger partial charge in [-0.15, -0.1) is 0 Å². The molecule has 3 nitrogen and oxygen atoms in total. The molecular formula is C14H7O3P. The fourth-order valence-corrected chi connectivity index (χ4v) is 2.66. The molecule has 3 rings (SSSR count). The zero-order valence-corrected chi connectivity index (χ0v) is 10.1. The minimum Gasteiger partial charge on any atom is -0.289 e. The number of hydrogen-bond acceptors (Lipinski definition) is 3. The van der Waals surface area contributed by atoms with Gasteiger partial charge in [0.1, 0.15) is 0 Å². The Morgan fingerprint density at radius 1 is 0.722 bits per heavy atom. The van der Waals surface area contributed by atoms with Crippen LogP contribution >= 0.6 is 8.46 Å². The van der Waals surface area contributed by atoms with Crippen molar-refractivity contribution in [1.29, 1.82) is 0 Å². The minimum absolute atomic E-state index is 0.189. The van der Waals surface area contributed by atoms with Crippen LogP contribution in [0.2, 0.25) is 0 Å². The molecule has 0 aromatic heterocycles. The van der Waals surface area contributed by atoms with Crippen LogP contribution in [0, 0.1) is 0 Å². The molecule has 2 aromatic carbocycles. The van der Waals surface area contributed by atoms with Gasteiger partial charge in [0.15, 0.2) is 20.0 Å². The van der Waals surface area contributed by atoms with Crippen LogP contribution in [0.5, 0.6) is 0 Å². The van der Waals surface area contributed by atoms with Crippen molar-refractivity contribution in [2.24, 2.45) is 0 Å². The number of fused-ring (bicyclic) bond motifs is 2. The first-order valence-electron chi connectivity index (χ1n) is 5.39. The third kappa shape index (κ3) is 1.38. The number of carbonyl (C=O) groups excluding carboxylic acids is 2. The second-order valence-electron chi connectivity index (χ2n) is 3.99. The van der Waals surface area contributed by atoms with E-state index < -0.39 is 0 Å². The van der Waals surface area contributed by atoms with Crippen molar-refractivity contribution in [2.75, 3.05) is 0 Å². The van der Waals surface area contributed by atoms with Gasteiger partial charge in [-0.05, 0) is 6.07 Å². The van der Waals surface area contributed by atoms with Gasteiger partial charge in [0.05, 0.1) is 5.30 Å². The van der Waals surface area contributed by atoms with Gasteiger partial charge in [-0.2, -0.15) is 0 Å². The smallest absolute Gasteiger partial charge is 0.195 e. The Morgan fingerprint density at radius 2 is 1.33 bits per heavy atom. The van der Waals surface area contributed by atoms with Gasteiger partial charge in [-0.25, -0.2) is 0 Å². The zero-order chi connectivity index (χ0) is 12.7. The fraction of sp³-hybridized carbons (Fsp3) is 0. The lowest BCUT2D eigenvalue weighted by Gasteiger charge is -2.17. The first-order valence-corrected chi connectivity index (χ1v) is 6.20. The number of ketones is 2. The van der Waals surface area contributed by atoms with Crippen molar-refractivity contribution in [1.82, 2.24) is 0 Å². The van der Waals surface area contributed by atoms with Crippen molar-refractivity contribution in [3.8, 4) is 0 Å². The van der Waals surface area contributed by atoms with E-state index in [0.29, 0.717) is 22.0 Å². The van der Waals surface area contributed by atoms with E-state index in [1.807, 2.05) is 0 Å². The summed E-state index contributed by atoms with van der Waals surface area (Å²) >= 11 is 0. The molecule has 0 N–H and O–H groups in total. The monoisotopic (exact) mass is 254 g/mol. The summed E-state index contributed by atoms with van der Waals surface area (Å²) in [5.41, 5.74) is 1.39. The summed E-state index contributed by atoms with van der Waals surface area (Å²) < 4.78 is 11.1. The molecule has 1 aliphatic carbocycles. The Hall–Kier alpha value is -2.12. The molecule has 0 unspecified atom stereocenters. The molecule has 1 aliphatic rings. The van der Waals surface area contributed by atoms with Crippen LogP contribution in [0.1, 0.15) is 31.8 Å². The quantitative estimate of drug-likeness (QED) is 0.626. The van der Waals surface area contributed by atoms with E-state index in [4.69, 9.17) is 0 Å². The standard InChI is InChI=1S/C14H7O3P/c15-13-8-4-1-2-5-9(8)14(16)12-10(13)6-3-7-11(12)18-17/h1-7H. The van der Waals surface area contributed by atoms with Gasteiger partial charge in [0.2, 0.25) is 0 Å². The number of benzene rings is 2. The highest BCUT2D eigenvalue weighted by atomic mass is 31.1. The first-order chi connectivity index (χ1) is 8.74. The van der Waals surface area contributed by atoms with Crippen molar-refractivity contribution in [3.63, 3.8) is 0 Å². The van der Waals surface area contributed by atoms with Crippen LogP contribution in [0.25, 0.3) is 0 Å². The van der Waals surface area contributed by atoms with E-state index >= 15 is 0 Å². The molecule has 0 bridgehead atoms. The lowest BCUT2D eigenvalue weighted by atomic mass is 9.84. The summed E-state index contributed by atoms with van der Waals surface area (Å²) in [7, 11) is -0.250. The van der Waals surface area contributed by atoms with Crippen LogP contribution in [-0.2, 0) is 4.57 Å². The Morgan fingerprint density at radius 3 is 2.00 bits per heavy atom. The Bertz CT molecular complexity index is 704. The van der Waals surface area contributed by atoms with Crippen LogP contribution in [0.3, 0.4) is 0 Å². The van der Waals surface area contributed by atoms with E-state index in [2.05, 4.69) is 0 Å². The summed E-state index contributed by atoms with van der Waals surface area (Å²) in [6.07, 6.45) is 0. The summed E-state index contributed by atoms with van der Waals surface area (Å²) in [4.78, 5) is 24.6. The predicted octanol–water partition coefficient (Wildman–Crippen LogP) is 2.38. The van der Waals surface area contributed by atoms with E-state index in [1.54, 1.807) is 42.5 Å². The molecule has 0 spiro atoms. The summed E-state index contributed by atoms with van der Waals surface area (Å²) in [5.74, 6) is -0.426. The molecule has 0 heterocycles. The SMILES string of the molecule is O=Pc1cccc2c1C(=O)c1ccccc1C2=O. The highest BCUT2D eigenvalue weighted by Gasteiger charge is 2.31. The molecule has 0 amide bonds. The summed E-state index contributed by atoms with van der Waals surface area (Å²) in [5, 5.41) is 0.361. The van der Waals surface area contributed by atoms with E-state index in [9.17, 15) is 14.2 Å². The predicted molar refractivity (Wildman–Crippen MR) is 67.0 cm³/mol. The second-order valence-corrected chi connectivity index (χ2v) is 4.66. The topological polar surface area (TPSA) is 51.2 Å². The van der Waals surface area contributed by atoms with Crippen LogP contribution in [-0.4, -0.2) is 11.6 Å². The van der Waals surface area contributed by atoms with Gasteiger partial charge in [-0.1, -0.05) is 36.4 Å². The van der Waals surface area contributed by atoms with Crippen molar-refractivity contribution in [2.45, 2.75) is 0 Å². The van der Waals surface area contributed by atoms with Crippen molar-refractivity contribution >= 4 is 25.3 Å². The average molecular weight is 254 g/mol. The lowest BCUT2D eigenvalue weighted by Crippen LogP contribution is -2.25. The van der Waals surface area contributed by atoms with Gasteiger partial charge in [0, 0.05) is 22.3 Å². The van der Waals surface area contributed by atoms with E-state index in [1.165, 1.54) is 0 Å². The lowest BCUT2D eigenvalue weighted by molar-refractivity contribution is 0.0980. The van der Waals surface area contributed by atoms with Crippen molar-refractivity contribution < 1.29 is 14.2 Å². The Kier molecular flexibility index (Phi) is 2.42. The molecule has 18 heavy (non-hydrogen) atoms. The van der Waals surface area contributed by atoms with Crippen LogP contribution < -0.4 is 5.30 Å². The molecule has 0 atom stereocenters. The largest absolute Gasteiger partial charge is 0.289 e. The molecule has 0 saturated heterocycles. The van der Waals surface area contributed by atoms with E-state index in [-0.39, 0.29) is 25.6 Å². The second kappa shape index (κ2) is 3.97. The maximum absolute atomic E-state index is 12.3. The third-order valence-corrected chi connectivity index (χ3v) is 3.60. The molecule has 4 heteroatoms. The summed E-state index contributed by atoms with van der Waals surface area (Å²) in [6.45, 7) is 0. The number of rotatable bonds is 1. The minimum atomic E-state index is -0.250.